The molecule has 0 radical (unpaired) electrons. The number of aliphatic hydroxyl groups is 1. The highest BCUT2D eigenvalue weighted by atomic mass is 16.3. The number of terminal acetylenes is 1. The van der Waals surface area contributed by atoms with Crippen LogP contribution in [0.1, 0.15) is 33.7 Å². The first-order valence-electron chi connectivity index (χ1n) is 7.70. The molecule has 0 fully saturated rings. The standard InChI is InChI=1S/C18H19N3O2/c1-3-13(11-22)19-18(23)17-14-8-6-10-16(14)21(20-17)15-9-5-4-7-12(15)2/h1,4-5,7,9,13,22H,6,8,10-11H2,2H3,(H,19,23). The first-order chi connectivity index (χ1) is 11.2. The van der Waals surface area contributed by atoms with E-state index in [0.717, 1.165) is 41.8 Å². The van der Waals surface area contributed by atoms with Gasteiger partial charge in [0, 0.05) is 11.3 Å². The van der Waals surface area contributed by atoms with Gasteiger partial charge in [0.05, 0.1) is 12.3 Å². The van der Waals surface area contributed by atoms with Crippen LogP contribution in [0, 0.1) is 19.3 Å². The number of nitrogens with one attached hydrogen (secondary N) is 1. The van der Waals surface area contributed by atoms with E-state index in [1.165, 1.54) is 0 Å². The number of aromatic nitrogens is 2. The predicted octanol–water partition coefficient (Wildman–Crippen LogP) is 1.39. The number of nitrogens with zero attached hydrogens (tertiary/aromatic N) is 2. The first-order valence-corrected chi connectivity index (χ1v) is 7.70. The minimum Gasteiger partial charge on any atom is -0.393 e. The van der Waals surface area contributed by atoms with E-state index in [4.69, 9.17) is 11.5 Å². The van der Waals surface area contributed by atoms with Crippen molar-refractivity contribution in [1.29, 1.82) is 0 Å². The second kappa shape index (κ2) is 6.27. The molecule has 1 heterocycles. The van der Waals surface area contributed by atoms with Crippen molar-refractivity contribution in [3.05, 3.63) is 46.8 Å². The Bertz CT molecular complexity index is 786. The van der Waals surface area contributed by atoms with Crippen molar-refractivity contribution in [3.8, 4) is 18.0 Å². The summed E-state index contributed by atoms with van der Waals surface area (Å²) in [5, 5.41) is 16.3. The Morgan fingerprint density at radius 2 is 2.26 bits per heavy atom. The zero-order valence-corrected chi connectivity index (χ0v) is 13.0. The molecule has 1 atom stereocenters. The van der Waals surface area contributed by atoms with Crippen LogP contribution in [-0.2, 0) is 12.8 Å². The van der Waals surface area contributed by atoms with Crippen LogP contribution in [0.2, 0.25) is 0 Å². The maximum Gasteiger partial charge on any atom is 0.273 e. The zero-order chi connectivity index (χ0) is 16.4. The number of fused-ring (bicyclic) bond motifs is 1. The number of aryl methyl sites for hydroxylation is 1. The molecule has 5 nitrogen and oxygen atoms in total. The van der Waals surface area contributed by atoms with Gasteiger partial charge in [0.15, 0.2) is 5.69 Å². The minimum absolute atomic E-state index is 0.289. The molecule has 0 bridgehead atoms. The lowest BCUT2D eigenvalue weighted by atomic mass is 10.1. The third-order valence-electron chi connectivity index (χ3n) is 4.18. The topological polar surface area (TPSA) is 67.2 Å². The molecular weight excluding hydrogens is 290 g/mol. The van der Waals surface area contributed by atoms with Gasteiger partial charge >= 0.3 is 0 Å². The van der Waals surface area contributed by atoms with Gasteiger partial charge in [-0.05, 0) is 37.8 Å². The number of para-hydroxylation sites is 1. The third kappa shape index (κ3) is 2.73. The van der Waals surface area contributed by atoms with E-state index >= 15 is 0 Å². The highest BCUT2D eigenvalue weighted by Gasteiger charge is 2.27. The fourth-order valence-corrected chi connectivity index (χ4v) is 2.99. The molecule has 1 aromatic carbocycles. The molecule has 1 aliphatic rings. The number of aliphatic hydroxyl groups excluding tert-OH is 1. The Hall–Kier alpha value is -2.58. The molecule has 0 spiro atoms. The molecule has 5 heteroatoms. The Morgan fingerprint density at radius 3 is 2.96 bits per heavy atom. The average molecular weight is 309 g/mol. The van der Waals surface area contributed by atoms with Gasteiger partial charge in [-0.3, -0.25) is 4.79 Å². The summed E-state index contributed by atoms with van der Waals surface area (Å²) >= 11 is 0. The predicted molar refractivity (Wildman–Crippen MR) is 87.5 cm³/mol. The van der Waals surface area contributed by atoms with Gasteiger partial charge < -0.3 is 10.4 Å². The van der Waals surface area contributed by atoms with E-state index in [-0.39, 0.29) is 12.5 Å². The van der Waals surface area contributed by atoms with Crippen molar-refractivity contribution in [3.63, 3.8) is 0 Å². The van der Waals surface area contributed by atoms with Crippen LogP contribution in [0.3, 0.4) is 0 Å². The van der Waals surface area contributed by atoms with Gasteiger partial charge in [0.1, 0.15) is 6.04 Å². The largest absolute Gasteiger partial charge is 0.393 e. The van der Waals surface area contributed by atoms with E-state index in [2.05, 4.69) is 16.3 Å². The second-order valence-corrected chi connectivity index (χ2v) is 5.70. The van der Waals surface area contributed by atoms with E-state index in [1.807, 2.05) is 35.9 Å². The molecule has 1 amide bonds. The molecule has 0 saturated carbocycles. The molecule has 1 unspecified atom stereocenters. The highest BCUT2D eigenvalue weighted by Crippen LogP contribution is 2.28. The molecule has 2 N–H and O–H groups in total. The summed E-state index contributed by atoms with van der Waals surface area (Å²) in [6.07, 6.45) is 8.04. The molecule has 1 aromatic heterocycles. The van der Waals surface area contributed by atoms with Gasteiger partial charge in [-0.2, -0.15) is 5.10 Å². The fourth-order valence-electron chi connectivity index (χ4n) is 2.99. The maximum atomic E-state index is 12.5. The molecule has 3 rings (SSSR count). The van der Waals surface area contributed by atoms with E-state index < -0.39 is 6.04 Å². The summed E-state index contributed by atoms with van der Waals surface area (Å²) in [5.74, 6) is 2.02. The number of amides is 1. The first kappa shape index (κ1) is 15.3. The summed E-state index contributed by atoms with van der Waals surface area (Å²) in [7, 11) is 0. The van der Waals surface area contributed by atoms with E-state index in [0.29, 0.717) is 5.69 Å². The Morgan fingerprint density at radius 1 is 1.48 bits per heavy atom. The van der Waals surface area contributed by atoms with Crippen molar-refractivity contribution < 1.29 is 9.90 Å². The van der Waals surface area contributed by atoms with Gasteiger partial charge in [-0.15, -0.1) is 6.42 Å². The van der Waals surface area contributed by atoms with Crippen LogP contribution in [0.5, 0.6) is 0 Å². The lowest BCUT2D eigenvalue weighted by Crippen LogP contribution is -2.37. The number of rotatable bonds is 4. The normalized spacial score (nSPS) is 14.1. The van der Waals surface area contributed by atoms with Crippen molar-refractivity contribution in [2.45, 2.75) is 32.2 Å². The van der Waals surface area contributed by atoms with Crippen LogP contribution in [0.15, 0.2) is 24.3 Å². The minimum atomic E-state index is -0.692. The SMILES string of the molecule is C#CC(CO)NC(=O)c1nn(-c2ccccc2C)c2c1CCC2. The lowest BCUT2D eigenvalue weighted by Gasteiger charge is -2.09. The Balaban J connectivity index is 2.01. The summed E-state index contributed by atoms with van der Waals surface area (Å²) in [6, 6.07) is 7.28. The molecule has 0 aliphatic heterocycles. The van der Waals surface area contributed by atoms with E-state index in [1.54, 1.807) is 0 Å². The van der Waals surface area contributed by atoms with Gasteiger partial charge in [0.2, 0.25) is 0 Å². The van der Waals surface area contributed by atoms with Crippen LogP contribution in [0.25, 0.3) is 5.69 Å². The summed E-state index contributed by atoms with van der Waals surface area (Å²) in [6.45, 7) is 1.74. The van der Waals surface area contributed by atoms with Crippen molar-refractivity contribution in [2.75, 3.05) is 6.61 Å². The molecular formula is C18H19N3O2. The van der Waals surface area contributed by atoms with Crippen LogP contribution in [0.4, 0.5) is 0 Å². The second-order valence-electron chi connectivity index (χ2n) is 5.70. The number of carbonyl (C=O) groups is 1. The average Bonchev–Trinajstić information content (AvgIpc) is 3.15. The van der Waals surface area contributed by atoms with Crippen LogP contribution in [-0.4, -0.2) is 33.4 Å². The smallest absolute Gasteiger partial charge is 0.273 e. The van der Waals surface area contributed by atoms with Crippen LogP contribution >= 0.6 is 0 Å². The highest BCUT2D eigenvalue weighted by molar-refractivity contribution is 5.94. The number of carbonyl (C=O) groups excluding carboxylic acids is 1. The molecule has 0 saturated heterocycles. The van der Waals surface area contributed by atoms with Crippen molar-refractivity contribution in [1.82, 2.24) is 15.1 Å². The monoisotopic (exact) mass is 309 g/mol. The zero-order valence-electron chi connectivity index (χ0n) is 13.0. The van der Waals surface area contributed by atoms with Gasteiger partial charge in [-0.25, -0.2) is 4.68 Å². The quantitative estimate of drug-likeness (QED) is 0.839. The number of hydrogen-bond donors (Lipinski definition) is 2. The summed E-state index contributed by atoms with van der Waals surface area (Å²) in [4.78, 5) is 12.5. The van der Waals surface area contributed by atoms with Crippen LogP contribution < -0.4 is 5.32 Å². The number of benzene rings is 1. The van der Waals surface area contributed by atoms with Gasteiger partial charge in [-0.1, -0.05) is 24.1 Å². The Labute approximate surface area is 135 Å². The molecule has 1 aliphatic carbocycles. The summed E-state index contributed by atoms with van der Waals surface area (Å²) < 4.78 is 1.87. The molecule has 23 heavy (non-hydrogen) atoms. The lowest BCUT2D eigenvalue weighted by molar-refractivity contribution is 0.0925. The third-order valence-corrected chi connectivity index (χ3v) is 4.18. The number of hydrogen-bond acceptors (Lipinski definition) is 3. The molecule has 2 aromatic rings. The fraction of sp³-hybridized carbons (Fsp3) is 0.333. The maximum absolute atomic E-state index is 12.5. The van der Waals surface area contributed by atoms with Gasteiger partial charge in [0.25, 0.3) is 5.91 Å². The summed E-state index contributed by atoms with van der Waals surface area (Å²) in [5.41, 5.74) is 4.58. The van der Waals surface area contributed by atoms with Crippen molar-refractivity contribution in [2.24, 2.45) is 0 Å². The van der Waals surface area contributed by atoms with Crippen molar-refractivity contribution >= 4 is 5.91 Å². The Kier molecular flexibility index (Phi) is 4.18. The molecule has 118 valence electrons. The van der Waals surface area contributed by atoms with E-state index in [9.17, 15) is 4.79 Å².